The van der Waals surface area contributed by atoms with Crippen molar-refractivity contribution in [1.29, 1.82) is 0 Å². The Morgan fingerprint density at radius 1 is 1.27 bits per heavy atom. The molecule has 0 radical (unpaired) electrons. The van der Waals surface area contributed by atoms with Crippen LogP contribution in [-0.2, 0) is 11.3 Å². The maximum absolute atomic E-state index is 12.3. The van der Waals surface area contributed by atoms with Crippen molar-refractivity contribution in [2.45, 2.75) is 26.8 Å². The van der Waals surface area contributed by atoms with E-state index in [1.54, 1.807) is 0 Å². The summed E-state index contributed by atoms with van der Waals surface area (Å²) in [6.45, 7) is 4.79. The predicted octanol–water partition coefficient (Wildman–Crippen LogP) is 3.85. The fourth-order valence-corrected chi connectivity index (χ4v) is 4.07. The predicted molar refractivity (Wildman–Crippen MR) is 105 cm³/mol. The molecule has 0 saturated carbocycles. The lowest BCUT2D eigenvalue weighted by Gasteiger charge is -2.05. The van der Waals surface area contributed by atoms with E-state index >= 15 is 0 Å². The molecule has 0 aliphatic heterocycles. The van der Waals surface area contributed by atoms with Crippen molar-refractivity contribution in [3.05, 3.63) is 58.4 Å². The van der Waals surface area contributed by atoms with Crippen LogP contribution in [0.2, 0.25) is 0 Å². The maximum Gasteiger partial charge on any atom is 0.251 e. The summed E-state index contributed by atoms with van der Waals surface area (Å²) in [5, 5.41) is 0. The number of carbonyl (C=O) groups excluding carboxylic acids is 1. The van der Waals surface area contributed by atoms with Crippen LogP contribution in [0.25, 0.3) is 10.2 Å². The summed E-state index contributed by atoms with van der Waals surface area (Å²) in [7, 11) is 0. The van der Waals surface area contributed by atoms with Gasteiger partial charge in [0.15, 0.2) is 4.80 Å². The van der Waals surface area contributed by atoms with E-state index < -0.39 is 0 Å². The fraction of sp³-hybridized carbons (Fsp3) is 0.238. The van der Waals surface area contributed by atoms with E-state index in [9.17, 15) is 4.79 Å². The molecule has 0 aliphatic rings. The largest absolute Gasteiger partial charge is 0.493 e. The van der Waals surface area contributed by atoms with Crippen LogP contribution < -0.4 is 9.54 Å². The van der Waals surface area contributed by atoms with Gasteiger partial charge in [0.25, 0.3) is 5.91 Å². The molecule has 0 fully saturated rings. The molecule has 3 aromatic rings. The van der Waals surface area contributed by atoms with Gasteiger partial charge in [-0.15, -0.1) is 6.42 Å². The molecule has 0 atom stereocenters. The quantitative estimate of drug-likeness (QED) is 0.646. The summed E-state index contributed by atoms with van der Waals surface area (Å²) in [4.78, 5) is 17.2. The van der Waals surface area contributed by atoms with Crippen LogP contribution in [0.1, 0.15) is 17.5 Å². The Hall–Kier alpha value is -2.84. The second kappa shape index (κ2) is 8.03. The van der Waals surface area contributed by atoms with Gasteiger partial charge in [0.2, 0.25) is 0 Å². The zero-order valence-corrected chi connectivity index (χ0v) is 15.7. The third-order valence-corrected chi connectivity index (χ3v) is 4.93. The minimum absolute atomic E-state index is 0.215. The number of thiazole rings is 1. The van der Waals surface area contributed by atoms with Crippen LogP contribution in [0.15, 0.2) is 47.5 Å². The molecule has 0 saturated heterocycles. The maximum atomic E-state index is 12.3. The van der Waals surface area contributed by atoms with E-state index in [1.165, 1.54) is 16.9 Å². The molecule has 0 bridgehead atoms. The molecule has 2 aromatic carbocycles. The van der Waals surface area contributed by atoms with Crippen molar-refractivity contribution >= 4 is 27.5 Å². The Morgan fingerprint density at radius 2 is 2.04 bits per heavy atom. The number of rotatable bonds is 5. The molecule has 1 heterocycles. The number of hydrogen-bond acceptors (Lipinski definition) is 3. The molecule has 3 rings (SSSR count). The van der Waals surface area contributed by atoms with E-state index in [-0.39, 0.29) is 12.3 Å². The molecule has 5 heteroatoms. The van der Waals surface area contributed by atoms with Crippen LogP contribution in [0, 0.1) is 26.2 Å². The van der Waals surface area contributed by atoms with Gasteiger partial charge in [0.05, 0.1) is 29.8 Å². The number of terminal acetylenes is 1. The highest BCUT2D eigenvalue weighted by atomic mass is 32.1. The Bertz CT molecular complexity index is 1040. The zero-order chi connectivity index (χ0) is 18.5. The van der Waals surface area contributed by atoms with Gasteiger partial charge < -0.3 is 9.30 Å². The molecule has 1 aromatic heterocycles. The van der Waals surface area contributed by atoms with E-state index in [0.717, 1.165) is 21.5 Å². The van der Waals surface area contributed by atoms with Crippen molar-refractivity contribution in [3.63, 3.8) is 0 Å². The lowest BCUT2D eigenvalue weighted by Crippen LogP contribution is -2.17. The number of hydrogen-bond donors (Lipinski definition) is 0. The van der Waals surface area contributed by atoms with Crippen LogP contribution in [0.3, 0.4) is 0 Å². The summed E-state index contributed by atoms with van der Waals surface area (Å²) < 4.78 is 8.59. The average Bonchev–Trinajstić information content (AvgIpc) is 2.93. The van der Waals surface area contributed by atoms with Crippen LogP contribution in [0.5, 0.6) is 5.75 Å². The Labute approximate surface area is 156 Å². The highest BCUT2D eigenvalue weighted by Gasteiger charge is 2.10. The van der Waals surface area contributed by atoms with E-state index in [1.807, 2.05) is 41.8 Å². The number of amides is 1. The first-order valence-corrected chi connectivity index (χ1v) is 9.19. The van der Waals surface area contributed by atoms with Crippen LogP contribution >= 0.6 is 11.3 Å². The second-order valence-electron chi connectivity index (χ2n) is 6.02. The summed E-state index contributed by atoms with van der Waals surface area (Å²) >= 11 is 1.49. The zero-order valence-electron chi connectivity index (χ0n) is 14.9. The third-order valence-electron chi connectivity index (χ3n) is 3.91. The Kier molecular flexibility index (Phi) is 5.55. The van der Waals surface area contributed by atoms with Gasteiger partial charge in [0.1, 0.15) is 5.75 Å². The first-order valence-electron chi connectivity index (χ1n) is 8.38. The van der Waals surface area contributed by atoms with Crippen molar-refractivity contribution in [2.24, 2.45) is 4.99 Å². The molecule has 0 unspecified atom stereocenters. The van der Waals surface area contributed by atoms with Crippen LogP contribution in [-0.4, -0.2) is 17.1 Å². The monoisotopic (exact) mass is 364 g/mol. The lowest BCUT2D eigenvalue weighted by molar-refractivity contribution is -0.118. The average molecular weight is 364 g/mol. The Morgan fingerprint density at radius 3 is 2.77 bits per heavy atom. The fourth-order valence-electron chi connectivity index (χ4n) is 2.85. The minimum atomic E-state index is -0.215. The normalized spacial score (nSPS) is 11.5. The lowest BCUT2D eigenvalue weighted by atomic mass is 10.1. The molecule has 0 aliphatic carbocycles. The van der Waals surface area contributed by atoms with Crippen molar-refractivity contribution in [3.8, 4) is 18.1 Å². The second-order valence-corrected chi connectivity index (χ2v) is 7.03. The summed E-state index contributed by atoms with van der Waals surface area (Å²) in [6.07, 6.45) is 5.74. The summed E-state index contributed by atoms with van der Waals surface area (Å²) in [6, 6.07) is 13.6. The van der Waals surface area contributed by atoms with Gasteiger partial charge in [0, 0.05) is 0 Å². The smallest absolute Gasteiger partial charge is 0.251 e. The number of aryl methyl sites for hydroxylation is 2. The number of ether oxygens (including phenoxy) is 1. The summed E-state index contributed by atoms with van der Waals surface area (Å²) in [5.41, 5.74) is 3.36. The highest BCUT2D eigenvalue weighted by Crippen LogP contribution is 2.23. The van der Waals surface area contributed by atoms with E-state index in [0.29, 0.717) is 18.0 Å². The van der Waals surface area contributed by atoms with Crippen molar-refractivity contribution < 1.29 is 9.53 Å². The van der Waals surface area contributed by atoms with E-state index in [4.69, 9.17) is 11.2 Å². The topological polar surface area (TPSA) is 43.6 Å². The SMILES string of the molecule is C#CCn1c(=NC(=O)CCOc2ccccc2)sc2cc(C)cc(C)c21. The molecule has 1 amide bonds. The highest BCUT2D eigenvalue weighted by molar-refractivity contribution is 7.16. The van der Waals surface area contributed by atoms with Gasteiger partial charge in [-0.05, 0) is 43.2 Å². The Balaban J connectivity index is 1.84. The standard InChI is InChI=1S/C21H20N2O2S/c1-4-11-23-20-16(3)13-15(2)14-18(20)26-21(23)22-19(24)10-12-25-17-8-6-5-7-9-17/h1,5-9,13-14H,10-12H2,2-3H3. The molecular weight excluding hydrogens is 344 g/mol. The van der Waals surface area contributed by atoms with Crippen molar-refractivity contribution in [2.75, 3.05) is 6.61 Å². The first-order chi connectivity index (χ1) is 12.6. The number of nitrogens with zero attached hydrogens (tertiary/aromatic N) is 2. The van der Waals surface area contributed by atoms with Crippen molar-refractivity contribution in [1.82, 2.24) is 4.57 Å². The molecule has 0 spiro atoms. The summed E-state index contributed by atoms with van der Waals surface area (Å²) in [5.74, 6) is 3.19. The first kappa shape index (κ1) is 18.0. The number of carbonyl (C=O) groups is 1. The van der Waals surface area contributed by atoms with Gasteiger partial charge >= 0.3 is 0 Å². The molecular formula is C21H20N2O2S. The third kappa shape index (κ3) is 4.04. The number of aromatic nitrogens is 1. The van der Waals surface area contributed by atoms with Gasteiger partial charge in [-0.2, -0.15) is 4.99 Å². The molecule has 4 nitrogen and oxygen atoms in total. The molecule has 0 N–H and O–H groups in total. The minimum Gasteiger partial charge on any atom is -0.493 e. The number of benzene rings is 2. The van der Waals surface area contributed by atoms with Gasteiger partial charge in [-0.1, -0.05) is 41.5 Å². The molecule has 132 valence electrons. The van der Waals surface area contributed by atoms with Crippen LogP contribution in [0.4, 0.5) is 0 Å². The number of fused-ring (bicyclic) bond motifs is 1. The molecule has 26 heavy (non-hydrogen) atoms. The van der Waals surface area contributed by atoms with E-state index in [2.05, 4.69) is 30.0 Å². The number of para-hydroxylation sites is 1. The van der Waals surface area contributed by atoms with Gasteiger partial charge in [-0.3, -0.25) is 4.79 Å². The van der Waals surface area contributed by atoms with Gasteiger partial charge in [-0.25, -0.2) is 0 Å².